The van der Waals surface area contributed by atoms with Crippen molar-refractivity contribution >= 4 is 5.91 Å². The van der Waals surface area contributed by atoms with E-state index < -0.39 is 0 Å². The molecule has 0 unspecified atom stereocenters. The van der Waals surface area contributed by atoms with Gasteiger partial charge in [-0.25, -0.2) is 0 Å². The zero-order chi connectivity index (χ0) is 16.6. The number of hydrogen-bond donors (Lipinski definition) is 0. The number of likely N-dealkylation sites (tertiary alicyclic amines) is 1. The summed E-state index contributed by atoms with van der Waals surface area (Å²) in [7, 11) is 1.92. The second kappa shape index (κ2) is 6.18. The van der Waals surface area contributed by atoms with Crippen LogP contribution in [0.4, 0.5) is 0 Å². The van der Waals surface area contributed by atoms with E-state index in [-0.39, 0.29) is 11.9 Å². The summed E-state index contributed by atoms with van der Waals surface area (Å²) in [5.41, 5.74) is 4.26. The standard InChI is InChI=1S/C17H25N5O/c1-12-9-18-22(10-12)15-6-5-7-21(11-15)17(23)8-16-13(2)19-20(4)14(16)3/h9-10,15H,5-8,11H2,1-4H3/t15-/m0/s1. The van der Waals surface area contributed by atoms with Crippen molar-refractivity contribution in [3.05, 3.63) is 34.9 Å². The fraction of sp³-hybridized carbons (Fsp3) is 0.588. The zero-order valence-corrected chi connectivity index (χ0v) is 14.4. The number of nitrogens with zero attached hydrogens (tertiary/aromatic N) is 5. The van der Waals surface area contributed by atoms with Crippen LogP contribution >= 0.6 is 0 Å². The predicted molar refractivity (Wildman–Crippen MR) is 88.2 cm³/mol. The molecule has 3 rings (SSSR count). The minimum Gasteiger partial charge on any atom is -0.340 e. The Kier molecular flexibility index (Phi) is 4.24. The number of amides is 1. The van der Waals surface area contributed by atoms with Crippen LogP contribution in [0.15, 0.2) is 12.4 Å². The summed E-state index contributed by atoms with van der Waals surface area (Å²) in [6, 6.07) is 0.289. The Hall–Kier alpha value is -2.11. The summed E-state index contributed by atoms with van der Waals surface area (Å²) in [4.78, 5) is 14.7. The molecular formula is C17H25N5O. The van der Waals surface area contributed by atoms with Crippen molar-refractivity contribution in [1.82, 2.24) is 24.5 Å². The third-order valence-corrected chi connectivity index (χ3v) is 4.84. The van der Waals surface area contributed by atoms with Gasteiger partial charge in [-0.1, -0.05) is 0 Å². The molecule has 6 nitrogen and oxygen atoms in total. The highest BCUT2D eigenvalue weighted by Crippen LogP contribution is 2.22. The maximum Gasteiger partial charge on any atom is 0.227 e. The van der Waals surface area contributed by atoms with E-state index in [0.29, 0.717) is 6.42 Å². The highest BCUT2D eigenvalue weighted by Gasteiger charge is 2.26. The van der Waals surface area contributed by atoms with Crippen molar-refractivity contribution in [3.8, 4) is 0 Å². The highest BCUT2D eigenvalue weighted by atomic mass is 16.2. The number of carbonyl (C=O) groups is 1. The van der Waals surface area contributed by atoms with Gasteiger partial charge >= 0.3 is 0 Å². The summed E-state index contributed by atoms with van der Waals surface area (Å²) in [6.07, 6.45) is 6.49. The van der Waals surface area contributed by atoms with Crippen molar-refractivity contribution in [2.45, 2.75) is 46.1 Å². The molecule has 1 aliphatic rings. The average molecular weight is 315 g/mol. The molecule has 23 heavy (non-hydrogen) atoms. The largest absolute Gasteiger partial charge is 0.340 e. The fourth-order valence-corrected chi connectivity index (χ4v) is 3.37. The molecule has 0 spiro atoms. The molecular weight excluding hydrogens is 290 g/mol. The highest BCUT2D eigenvalue weighted by molar-refractivity contribution is 5.79. The summed E-state index contributed by atoms with van der Waals surface area (Å²) < 4.78 is 3.86. The van der Waals surface area contributed by atoms with Gasteiger partial charge in [-0.15, -0.1) is 0 Å². The van der Waals surface area contributed by atoms with Gasteiger partial charge in [-0.05, 0) is 39.2 Å². The first kappa shape index (κ1) is 15.8. The Morgan fingerprint density at radius 3 is 2.74 bits per heavy atom. The second-order valence-corrected chi connectivity index (χ2v) is 6.58. The van der Waals surface area contributed by atoms with Gasteiger partial charge in [0.25, 0.3) is 0 Å². The molecule has 0 saturated carbocycles. The van der Waals surface area contributed by atoms with Gasteiger partial charge in [0.05, 0.1) is 24.4 Å². The van der Waals surface area contributed by atoms with Gasteiger partial charge in [0.1, 0.15) is 0 Å². The van der Waals surface area contributed by atoms with Gasteiger partial charge in [-0.3, -0.25) is 14.2 Å². The Bertz CT molecular complexity index is 715. The van der Waals surface area contributed by atoms with Crippen LogP contribution in [0.2, 0.25) is 0 Å². The third-order valence-electron chi connectivity index (χ3n) is 4.84. The van der Waals surface area contributed by atoms with E-state index in [1.54, 1.807) is 0 Å². The van der Waals surface area contributed by atoms with Crippen LogP contribution in [-0.4, -0.2) is 43.5 Å². The second-order valence-electron chi connectivity index (χ2n) is 6.58. The first-order valence-corrected chi connectivity index (χ1v) is 8.23. The summed E-state index contributed by atoms with van der Waals surface area (Å²) in [6.45, 7) is 7.63. The van der Waals surface area contributed by atoms with Gasteiger partial charge in [0.2, 0.25) is 5.91 Å². The van der Waals surface area contributed by atoms with E-state index in [4.69, 9.17) is 0 Å². The lowest BCUT2D eigenvalue weighted by Gasteiger charge is -2.33. The monoisotopic (exact) mass is 315 g/mol. The molecule has 0 radical (unpaired) electrons. The number of aromatic nitrogens is 4. The molecule has 2 aromatic rings. The van der Waals surface area contributed by atoms with Gasteiger partial charge in [-0.2, -0.15) is 10.2 Å². The van der Waals surface area contributed by atoms with Crippen LogP contribution in [0.1, 0.15) is 41.4 Å². The molecule has 0 N–H and O–H groups in total. The van der Waals surface area contributed by atoms with Crippen LogP contribution in [0.5, 0.6) is 0 Å². The molecule has 1 atom stereocenters. The minimum atomic E-state index is 0.192. The molecule has 0 bridgehead atoms. The molecule has 3 heterocycles. The first-order valence-electron chi connectivity index (χ1n) is 8.23. The van der Waals surface area contributed by atoms with E-state index in [1.165, 1.54) is 0 Å². The number of hydrogen-bond acceptors (Lipinski definition) is 3. The number of rotatable bonds is 3. The summed E-state index contributed by atoms with van der Waals surface area (Å²) in [5.74, 6) is 0.192. The Balaban J connectivity index is 1.70. The lowest BCUT2D eigenvalue weighted by Crippen LogP contribution is -2.41. The normalized spacial score (nSPS) is 18.4. The van der Waals surface area contributed by atoms with E-state index in [9.17, 15) is 4.79 Å². The van der Waals surface area contributed by atoms with Gasteiger partial charge < -0.3 is 4.90 Å². The number of aryl methyl sites for hydroxylation is 3. The van der Waals surface area contributed by atoms with Crippen LogP contribution in [0, 0.1) is 20.8 Å². The first-order chi connectivity index (χ1) is 11.0. The zero-order valence-electron chi connectivity index (χ0n) is 14.4. The molecule has 0 aromatic carbocycles. The molecule has 1 fully saturated rings. The van der Waals surface area contributed by atoms with Gasteiger partial charge in [0, 0.05) is 37.6 Å². The van der Waals surface area contributed by atoms with Crippen molar-refractivity contribution in [2.24, 2.45) is 7.05 Å². The van der Waals surface area contributed by atoms with Crippen LogP contribution in [0.25, 0.3) is 0 Å². The Morgan fingerprint density at radius 2 is 2.13 bits per heavy atom. The van der Waals surface area contributed by atoms with Crippen molar-refractivity contribution in [3.63, 3.8) is 0 Å². The Morgan fingerprint density at radius 1 is 1.35 bits per heavy atom. The SMILES string of the molecule is Cc1cnn([C@H]2CCCN(C(=O)Cc3c(C)nn(C)c3C)C2)c1. The molecule has 1 saturated heterocycles. The molecule has 1 aliphatic heterocycles. The lowest BCUT2D eigenvalue weighted by molar-refractivity contribution is -0.132. The van der Waals surface area contributed by atoms with Crippen LogP contribution in [0.3, 0.4) is 0 Å². The van der Waals surface area contributed by atoms with Crippen LogP contribution in [-0.2, 0) is 18.3 Å². The van der Waals surface area contributed by atoms with E-state index >= 15 is 0 Å². The fourth-order valence-electron chi connectivity index (χ4n) is 3.37. The molecule has 6 heteroatoms. The maximum absolute atomic E-state index is 12.7. The van der Waals surface area contributed by atoms with E-state index in [0.717, 1.165) is 48.4 Å². The quantitative estimate of drug-likeness (QED) is 0.870. The van der Waals surface area contributed by atoms with Crippen LogP contribution < -0.4 is 0 Å². The molecule has 124 valence electrons. The molecule has 2 aromatic heterocycles. The summed E-state index contributed by atoms with van der Waals surface area (Å²) in [5, 5.41) is 8.82. The topological polar surface area (TPSA) is 56.0 Å². The minimum absolute atomic E-state index is 0.192. The Labute approximate surface area is 137 Å². The smallest absolute Gasteiger partial charge is 0.227 e. The van der Waals surface area contributed by atoms with Crippen molar-refractivity contribution in [2.75, 3.05) is 13.1 Å². The number of carbonyl (C=O) groups excluding carboxylic acids is 1. The lowest BCUT2D eigenvalue weighted by atomic mass is 10.0. The molecule has 1 amide bonds. The third kappa shape index (κ3) is 3.16. The van der Waals surface area contributed by atoms with E-state index in [1.807, 2.05) is 48.3 Å². The molecule has 0 aliphatic carbocycles. The van der Waals surface area contributed by atoms with E-state index in [2.05, 4.69) is 16.4 Å². The predicted octanol–water partition coefficient (Wildman–Crippen LogP) is 1.95. The maximum atomic E-state index is 12.7. The number of piperidine rings is 1. The van der Waals surface area contributed by atoms with Crippen molar-refractivity contribution < 1.29 is 4.79 Å². The average Bonchev–Trinajstić information content (AvgIpc) is 3.06. The van der Waals surface area contributed by atoms with Crippen molar-refractivity contribution in [1.29, 1.82) is 0 Å². The van der Waals surface area contributed by atoms with Gasteiger partial charge in [0.15, 0.2) is 0 Å². The summed E-state index contributed by atoms with van der Waals surface area (Å²) >= 11 is 0.